The van der Waals surface area contributed by atoms with Gasteiger partial charge in [-0.15, -0.1) is 0 Å². The fourth-order valence-electron chi connectivity index (χ4n) is 3.93. The van der Waals surface area contributed by atoms with E-state index in [1.54, 1.807) is 11.0 Å². The van der Waals surface area contributed by atoms with Gasteiger partial charge in [-0.05, 0) is 50.3 Å². The summed E-state index contributed by atoms with van der Waals surface area (Å²) in [7, 11) is 0. The number of aryl methyl sites for hydroxylation is 2. The lowest BCUT2D eigenvalue weighted by Gasteiger charge is -2.22. The van der Waals surface area contributed by atoms with Gasteiger partial charge >= 0.3 is 0 Å². The largest absolute Gasteiger partial charge is 0.343 e. The molecule has 0 unspecified atom stereocenters. The van der Waals surface area contributed by atoms with Crippen LogP contribution in [0.15, 0.2) is 24.3 Å². The SMILES string of the molecule is Cc1ccc2c(C(=O)NCC(=O)N3[C@H](C#N)C[C@@H]4C[C@@H]43)cc(C)nc2c1. The average Bonchev–Trinajstić information content (AvgIpc) is 3.28. The van der Waals surface area contributed by atoms with Crippen molar-refractivity contribution in [1.82, 2.24) is 15.2 Å². The van der Waals surface area contributed by atoms with E-state index in [1.807, 2.05) is 32.0 Å². The Morgan fingerprint density at radius 2 is 2.12 bits per heavy atom. The summed E-state index contributed by atoms with van der Waals surface area (Å²) in [5.41, 5.74) is 3.12. The van der Waals surface area contributed by atoms with Crippen molar-refractivity contribution in [1.29, 1.82) is 5.26 Å². The highest BCUT2D eigenvalue weighted by atomic mass is 16.2. The lowest BCUT2D eigenvalue weighted by molar-refractivity contribution is -0.131. The van der Waals surface area contributed by atoms with Crippen LogP contribution in [0.25, 0.3) is 10.9 Å². The molecule has 1 saturated carbocycles. The molecule has 3 atom stereocenters. The van der Waals surface area contributed by atoms with Crippen molar-refractivity contribution in [3.8, 4) is 6.07 Å². The monoisotopic (exact) mass is 348 g/mol. The van der Waals surface area contributed by atoms with Crippen LogP contribution in [0.2, 0.25) is 0 Å². The first-order valence-corrected chi connectivity index (χ1v) is 8.85. The molecule has 6 heteroatoms. The van der Waals surface area contributed by atoms with Gasteiger partial charge in [-0.2, -0.15) is 5.26 Å². The van der Waals surface area contributed by atoms with Gasteiger partial charge in [0.15, 0.2) is 0 Å². The molecule has 4 rings (SSSR count). The predicted octanol–water partition coefficient (Wildman–Crippen LogP) is 2.09. The molecule has 26 heavy (non-hydrogen) atoms. The molecule has 1 N–H and O–H groups in total. The standard InChI is InChI=1S/C20H20N4O2/c1-11-3-4-15-16(6-12(2)23-17(15)5-11)20(26)22-10-19(25)24-14(9-21)7-13-8-18(13)24/h3-6,13-14,18H,7-8,10H2,1-2H3,(H,22,26)/t13-,14+,18+/m1/s1. The highest BCUT2D eigenvalue weighted by Gasteiger charge is 2.53. The summed E-state index contributed by atoms with van der Waals surface area (Å²) in [5, 5.41) is 12.7. The van der Waals surface area contributed by atoms with Crippen molar-refractivity contribution in [2.24, 2.45) is 5.92 Å². The summed E-state index contributed by atoms with van der Waals surface area (Å²) in [6.07, 6.45) is 1.74. The first-order valence-electron chi connectivity index (χ1n) is 8.85. The molecule has 2 fully saturated rings. The maximum atomic E-state index is 12.7. The van der Waals surface area contributed by atoms with Crippen LogP contribution in [-0.4, -0.2) is 40.3 Å². The molecule has 0 bridgehead atoms. The van der Waals surface area contributed by atoms with E-state index in [0.717, 1.165) is 35.0 Å². The third kappa shape index (κ3) is 2.80. The third-order valence-electron chi connectivity index (χ3n) is 5.28. The van der Waals surface area contributed by atoms with Gasteiger partial charge in [-0.1, -0.05) is 12.1 Å². The highest BCUT2D eigenvalue weighted by molar-refractivity contribution is 6.07. The number of nitrogens with one attached hydrogen (secondary N) is 1. The number of nitrogens with zero attached hydrogens (tertiary/aromatic N) is 3. The smallest absolute Gasteiger partial charge is 0.252 e. The van der Waals surface area contributed by atoms with Gasteiger partial charge in [0.1, 0.15) is 6.04 Å². The van der Waals surface area contributed by atoms with E-state index in [4.69, 9.17) is 0 Å². The Labute approximate surface area is 151 Å². The lowest BCUT2D eigenvalue weighted by Crippen LogP contribution is -2.44. The van der Waals surface area contributed by atoms with Crippen LogP contribution in [-0.2, 0) is 4.79 Å². The number of piperidine rings is 1. The van der Waals surface area contributed by atoms with Gasteiger partial charge < -0.3 is 10.2 Å². The maximum Gasteiger partial charge on any atom is 0.252 e. The zero-order valence-corrected chi connectivity index (χ0v) is 14.8. The summed E-state index contributed by atoms with van der Waals surface area (Å²) in [6, 6.07) is 9.54. The van der Waals surface area contributed by atoms with Crippen LogP contribution in [0.5, 0.6) is 0 Å². The Morgan fingerprint density at radius 3 is 2.88 bits per heavy atom. The Morgan fingerprint density at radius 1 is 1.31 bits per heavy atom. The number of nitriles is 1. The molecule has 0 spiro atoms. The number of aromatic nitrogens is 1. The minimum absolute atomic E-state index is 0.0883. The van der Waals surface area contributed by atoms with Gasteiger partial charge in [0.05, 0.1) is 23.7 Å². The van der Waals surface area contributed by atoms with Gasteiger partial charge in [0.2, 0.25) is 5.91 Å². The molecule has 1 aromatic heterocycles. The zero-order chi connectivity index (χ0) is 18.4. The Hall–Kier alpha value is -2.94. The Bertz CT molecular complexity index is 957. The predicted molar refractivity (Wildman–Crippen MR) is 96.3 cm³/mol. The van der Waals surface area contributed by atoms with Crippen molar-refractivity contribution in [3.63, 3.8) is 0 Å². The first-order chi connectivity index (χ1) is 12.5. The molecular weight excluding hydrogens is 328 g/mol. The Balaban J connectivity index is 1.51. The van der Waals surface area contributed by atoms with E-state index in [1.165, 1.54) is 0 Å². The topological polar surface area (TPSA) is 86.1 Å². The number of carbonyl (C=O) groups is 2. The van der Waals surface area contributed by atoms with E-state index < -0.39 is 0 Å². The average molecular weight is 348 g/mol. The van der Waals surface area contributed by atoms with E-state index in [0.29, 0.717) is 11.5 Å². The fourth-order valence-corrected chi connectivity index (χ4v) is 3.93. The minimum Gasteiger partial charge on any atom is -0.343 e. The number of rotatable bonds is 3. The van der Waals surface area contributed by atoms with Crippen LogP contribution in [0.1, 0.15) is 34.5 Å². The number of fused-ring (bicyclic) bond motifs is 2. The molecule has 1 aromatic carbocycles. The van der Waals surface area contributed by atoms with Crippen LogP contribution < -0.4 is 5.32 Å². The van der Waals surface area contributed by atoms with E-state index in [9.17, 15) is 14.9 Å². The molecule has 2 heterocycles. The molecule has 6 nitrogen and oxygen atoms in total. The molecule has 1 saturated heterocycles. The van der Waals surface area contributed by atoms with E-state index in [-0.39, 0.29) is 30.4 Å². The maximum absolute atomic E-state index is 12.7. The molecule has 1 aliphatic heterocycles. The van der Waals surface area contributed by atoms with Gasteiger partial charge in [0, 0.05) is 17.1 Å². The van der Waals surface area contributed by atoms with Crippen molar-refractivity contribution >= 4 is 22.7 Å². The molecule has 132 valence electrons. The zero-order valence-electron chi connectivity index (χ0n) is 14.8. The third-order valence-corrected chi connectivity index (χ3v) is 5.28. The van der Waals surface area contributed by atoms with Crippen LogP contribution >= 0.6 is 0 Å². The van der Waals surface area contributed by atoms with Crippen molar-refractivity contribution in [2.45, 2.75) is 38.8 Å². The van der Waals surface area contributed by atoms with E-state index >= 15 is 0 Å². The second kappa shape index (κ2) is 6.10. The summed E-state index contributed by atoms with van der Waals surface area (Å²) < 4.78 is 0. The van der Waals surface area contributed by atoms with Crippen LogP contribution in [0, 0.1) is 31.1 Å². The Kier molecular flexibility index (Phi) is 3.87. The van der Waals surface area contributed by atoms with Gasteiger partial charge in [-0.25, -0.2) is 0 Å². The summed E-state index contributed by atoms with van der Waals surface area (Å²) in [4.78, 5) is 31.3. The van der Waals surface area contributed by atoms with Crippen molar-refractivity contribution in [3.05, 3.63) is 41.1 Å². The highest BCUT2D eigenvalue weighted by Crippen LogP contribution is 2.47. The lowest BCUT2D eigenvalue weighted by atomic mass is 10.1. The molecule has 1 aliphatic carbocycles. The quantitative estimate of drug-likeness (QED) is 0.920. The summed E-state index contributed by atoms with van der Waals surface area (Å²) in [5.74, 6) is -0.00656. The summed E-state index contributed by atoms with van der Waals surface area (Å²) in [6.45, 7) is 3.74. The van der Waals surface area contributed by atoms with Gasteiger partial charge in [0.25, 0.3) is 5.91 Å². The minimum atomic E-state index is -0.352. The number of hydrogen-bond acceptors (Lipinski definition) is 4. The summed E-state index contributed by atoms with van der Waals surface area (Å²) >= 11 is 0. The molecular formula is C20H20N4O2. The molecule has 2 amide bonds. The number of amides is 2. The van der Waals surface area contributed by atoms with Crippen molar-refractivity contribution < 1.29 is 9.59 Å². The first kappa shape index (κ1) is 16.5. The van der Waals surface area contributed by atoms with Gasteiger partial charge in [-0.3, -0.25) is 14.6 Å². The number of likely N-dealkylation sites (tertiary alicyclic amines) is 1. The number of benzene rings is 1. The normalized spacial score (nSPS) is 23.4. The van der Waals surface area contributed by atoms with E-state index in [2.05, 4.69) is 16.4 Å². The number of carbonyl (C=O) groups excluding carboxylic acids is 2. The van der Waals surface area contributed by atoms with Crippen LogP contribution in [0.3, 0.4) is 0 Å². The fraction of sp³-hybridized carbons (Fsp3) is 0.400. The second-order valence-corrected chi connectivity index (χ2v) is 7.26. The number of hydrogen-bond donors (Lipinski definition) is 1. The second-order valence-electron chi connectivity index (χ2n) is 7.26. The molecule has 2 aromatic rings. The van der Waals surface area contributed by atoms with Crippen molar-refractivity contribution in [2.75, 3.05) is 6.54 Å². The van der Waals surface area contributed by atoms with Crippen LogP contribution in [0.4, 0.5) is 0 Å². The molecule has 0 radical (unpaired) electrons. The number of pyridine rings is 1. The molecule has 2 aliphatic rings.